The van der Waals surface area contributed by atoms with Crippen molar-refractivity contribution in [2.45, 2.75) is 19.5 Å². The van der Waals surface area contributed by atoms with Crippen LogP contribution in [-0.4, -0.2) is 29.7 Å². The van der Waals surface area contributed by atoms with Crippen molar-refractivity contribution < 1.29 is 5.11 Å². The molecule has 0 aromatic heterocycles. The Balaban J connectivity index is 2.13. The van der Waals surface area contributed by atoms with Gasteiger partial charge in [-0.1, -0.05) is 18.2 Å². The van der Waals surface area contributed by atoms with Crippen LogP contribution < -0.4 is 5.73 Å². The first-order valence-electron chi connectivity index (χ1n) is 5.47. The molecule has 0 spiro atoms. The van der Waals surface area contributed by atoms with E-state index in [1.54, 1.807) is 0 Å². The van der Waals surface area contributed by atoms with E-state index < -0.39 is 0 Å². The molecule has 0 radical (unpaired) electrons. The fraction of sp³-hybridized carbons (Fsp3) is 0.500. The summed E-state index contributed by atoms with van der Waals surface area (Å²) in [5.74, 6) is 0. The van der Waals surface area contributed by atoms with Gasteiger partial charge in [0.1, 0.15) is 0 Å². The normalized spacial score (nSPS) is 16.4. The van der Waals surface area contributed by atoms with Crippen LogP contribution in [0.4, 0.5) is 0 Å². The average molecular weight is 206 g/mol. The number of benzene rings is 1. The van der Waals surface area contributed by atoms with Gasteiger partial charge < -0.3 is 10.8 Å². The minimum absolute atomic E-state index is 0.246. The molecule has 15 heavy (non-hydrogen) atoms. The number of hydrogen-bond acceptors (Lipinski definition) is 3. The summed E-state index contributed by atoms with van der Waals surface area (Å²) in [4.78, 5) is 2.28. The molecule has 0 aliphatic carbocycles. The van der Waals surface area contributed by atoms with E-state index in [9.17, 15) is 0 Å². The lowest BCUT2D eigenvalue weighted by atomic mass is 9.97. The lowest BCUT2D eigenvalue weighted by Gasteiger charge is -2.28. The summed E-state index contributed by atoms with van der Waals surface area (Å²) < 4.78 is 0. The molecule has 0 amide bonds. The van der Waals surface area contributed by atoms with Crippen molar-refractivity contribution in [3.05, 3.63) is 34.9 Å². The van der Waals surface area contributed by atoms with Gasteiger partial charge in [-0.2, -0.15) is 0 Å². The van der Waals surface area contributed by atoms with Crippen molar-refractivity contribution in [2.24, 2.45) is 5.73 Å². The predicted octanol–water partition coefficient (Wildman–Crippen LogP) is 0.496. The van der Waals surface area contributed by atoms with Gasteiger partial charge in [-0.25, -0.2) is 0 Å². The van der Waals surface area contributed by atoms with Gasteiger partial charge in [-0.05, 0) is 23.1 Å². The van der Waals surface area contributed by atoms with Crippen LogP contribution in [0.5, 0.6) is 0 Å². The number of aliphatic hydroxyl groups is 1. The molecule has 1 aromatic carbocycles. The SMILES string of the molecule is NCc1ccc2c(c1)CCN(CCO)C2. The summed E-state index contributed by atoms with van der Waals surface area (Å²) in [6.45, 7) is 3.64. The van der Waals surface area contributed by atoms with Gasteiger partial charge in [0, 0.05) is 26.2 Å². The Labute approximate surface area is 90.5 Å². The van der Waals surface area contributed by atoms with Gasteiger partial charge in [0.2, 0.25) is 0 Å². The highest BCUT2D eigenvalue weighted by Crippen LogP contribution is 2.19. The molecule has 0 saturated heterocycles. The molecule has 3 heteroatoms. The highest BCUT2D eigenvalue weighted by molar-refractivity contribution is 5.33. The molecule has 0 bridgehead atoms. The Morgan fingerprint density at radius 2 is 2.20 bits per heavy atom. The molecule has 1 aromatic rings. The number of nitrogens with two attached hydrogens (primary N) is 1. The van der Waals surface area contributed by atoms with Crippen LogP contribution in [0.2, 0.25) is 0 Å². The summed E-state index contributed by atoms with van der Waals surface area (Å²) in [6.07, 6.45) is 1.07. The van der Waals surface area contributed by atoms with E-state index in [0.717, 1.165) is 26.1 Å². The second-order valence-corrected chi connectivity index (χ2v) is 4.06. The van der Waals surface area contributed by atoms with E-state index in [0.29, 0.717) is 6.54 Å². The number of hydrogen-bond donors (Lipinski definition) is 2. The first-order valence-corrected chi connectivity index (χ1v) is 5.47. The molecule has 0 fully saturated rings. The van der Waals surface area contributed by atoms with E-state index in [-0.39, 0.29) is 6.61 Å². The Bertz CT molecular complexity index is 338. The third kappa shape index (κ3) is 2.37. The van der Waals surface area contributed by atoms with Crippen LogP contribution in [0.25, 0.3) is 0 Å². The summed E-state index contributed by atoms with van der Waals surface area (Å²) in [7, 11) is 0. The van der Waals surface area contributed by atoms with Crippen molar-refractivity contribution in [3.8, 4) is 0 Å². The van der Waals surface area contributed by atoms with Gasteiger partial charge >= 0.3 is 0 Å². The molecule has 0 atom stereocenters. The number of aliphatic hydroxyl groups excluding tert-OH is 1. The second kappa shape index (κ2) is 4.75. The first kappa shape index (κ1) is 10.6. The van der Waals surface area contributed by atoms with Gasteiger partial charge in [-0.3, -0.25) is 4.90 Å². The van der Waals surface area contributed by atoms with Crippen LogP contribution in [0, 0.1) is 0 Å². The Morgan fingerprint density at radius 3 is 2.93 bits per heavy atom. The maximum atomic E-state index is 8.89. The molecular formula is C12H18N2O. The van der Waals surface area contributed by atoms with Gasteiger partial charge in [0.25, 0.3) is 0 Å². The standard InChI is InChI=1S/C12H18N2O/c13-8-10-1-2-12-9-14(5-6-15)4-3-11(12)7-10/h1-2,7,15H,3-6,8-9,13H2. The lowest BCUT2D eigenvalue weighted by molar-refractivity contribution is 0.184. The van der Waals surface area contributed by atoms with Crippen molar-refractivity contribution in [3.63, 3.8) is 0 Å². The molecule has 0 unspecified atom stereocenters. The van der Waals surface area contributed by atoms with Gasteiger partial charge in [0.05, 0.1) is 6.61 Å². The third-order valence-corrected chi connectivity index (χ3v) is 3.01. The Morgan fingerprint density at radius 1 is 1.33 bits per heavy atom. The second-order valence-electron chi connectivity index (χ2n) is 4.06. The van der Waals surface area contributed by atoms with Crippen molar-refractivity contribution in [1.82, 2.24) is 4.90 Å². The minimum Gasteiger partial charge on any atom is -0.395 e. The molecule has 1 heterocycles. The first-order chi connectivity index (χ1) is 7.33. The van der Waals surface area contributed by atoms with E-state index in [2.05, 4.69) is 23.1 Å². The maximum absolute atomic E-state index is 8.89. The summed E-state index contributed by atoms with van der Waals surface area (Å²) in [6, 6.07) is 6.48. The van der Waals surface area contributed by atoms with Crippen molar-refractivity contribution in [2.75, 3.05) is 19.7 Å². The minimum atomic E-state index is 0.246. The fourth-order valence-corrected chi connectivity index (χ4v) is 2.12. The molecule has 3 nitrogen and oxygen atoms in total. The van der Waals surface area contributed by atoms with Crippen LogP contribution in [0.3, 0.4) is 0 Å². The average Bonchev–Trinajstić information content (AvgIpc) is 2.29. The summed E-state index contributed by atoms with van der Waals surface area (Å²) in [5, 5.41) is 8.89. The molecular weight excluding hydrogens is 188 g/mol. The highest BCUT2D eigenvalue weighted by Gasteiger charge is 2.15. The monoisotopic (exact) mass is 206 g/mol. The smallest absolute Gasteiger partial charge is 0.0558 e. The zero-order valence-electron chi connectivity index (χ0n) is 8.95. The number of β-amino-alcohol motifs (C(OH)–C–C–N with tert-alkyl or cyclic N) is 1. The van der Waals surface area contributed by atoms with Crippen molar-refractivity contribution in [1.29, 1.82) is 0 Å². The Hall–Kier alpha value is -0.900. The fourth-order valence-electron chi connectivity index (χ4n) is 2.12. The third-order valence-electron chi connectivity index (χ3n) is 3.01. The molecule has 0 saturated carbocycles. The van der Waals surface area contributed by atoms with Crippen LogP contribution in [-0.2, 0) is 19.5 Å². The largest absolute Gasteiger partial charge is 0.395 e. The zero-order chi connectivity index (χ0) is 10.7. The lowest BCUT2D eigenvalue weighted by Crippen LogP contribution is -2.32. The van der Waals surface area contributed by atoms with Gasteiger partial charge in [0.15, 0.2) is 0 Å². The van der Waals surface area contributed by atoms with E-state index in [1.807, 2.05) is 0 Å². The highest BCUT2D eigenvalue weighted by atomic mass is 16.3. The number of nitrogens with zero attached hydrogens (tertiary/aromatic N) is 1. The molecule has 1 aliphatic rings. The summed E-state index contributed by atoms with van der Waals surface area (Å²) in [5.41, 5.74) is 9.63. The molecule has 82 valence electrons. The molecule has 3 N–H and O–H groups in total. The van der Waals surface area contributed by atoms with Crippen LogP contribution in [0.1, 0.15) is 16.7 Å². The topological polar surface area (TPSA) is 49.5 Å². The molecule has 2 rings (SSSR count). The van der Waals surface area contributed by atoms with Crippen LogP contribution >= 0.6 is 0 Å². The number of rotatable bonds is 3. The summed E-state index contributed by atoms with van der Waals surface area (Å²) >= 11 is 0. The maximum Gasteiger partial charge on any atom is 0.0558 e. The van der Waals surface area contributed by atoms with Crippen molar-refractivity contribution >= 4 is 0 Å². The molecule has 1 aliphatic heterocycles. The number of fused-ring (bicyclic) bond motifs is 1. The van der Waals surface area contributed by atoms with Gasteiger partial charge in [-0.15, -0.1) is 0 Å². The quantitative estimate of drug-likeness (QED) is 0.757. The zero-order valence-corrected chi connectivity index (χ0v) is 8.95. The van der Waals surface area contributed by atoms with E-state index in [1.165, 1.54) is 16.7 Å². The Kier molecular flexibility index (Phi) is 3.36. The van der Waals surface area contributed by atoms with E-state index in [4.69, 9.17) is 10.8 Å². The van der Waals surface area contributed by atoms with E-state index >= 15 is 0 Å². The predicted molar refractivity (Wildman–Crippen MR) is 60.4 cm³/mol. The van der Waals surface area contributed by atoms with Crippen LogP contribution in [0.15, 0.2) is 18.2 Å².